The zero-order valence-electron chi connectivity index (χ0n) is 22.7. The fraction of sp³-hybridized carbons (Fsp3) is 0.207. The van der Waals surface area contributed by atoms with E-state index < -0.39 is 12.1 Å². The average Bonchev–Trinajstić information content (AvgIpc) is 3.49. The number of urea groups is 1. The Kier molecular flexibility index (Phi) is 9.79. The molecule has 1 unspecified atom stereocenters. The quantitative estimate of drug-likeness (QED) is 0.233. The van der Waals surface area contributed by atoms with Gasteiger partial charge in [-0.25, -0.2) is 14.6 Å². The van der Waals surface area contributed by atoms with Crippen LogP contribution in [0, 0.1) is 0 Å². The lowest BCUT2D eigenvalue weighted by Gasteiger charge is -2.21. The predicted octanol–water partition coefficient (Wildman–Crippen LogP) is 4.83. The van der Waals surface area contributed by atoms with E-state index in [1.165, 1.54) is 6.39 Å². The van der Waals surface area contributed by atoms with Gasteiger partial charge in [0.1, 0.15) is 11.9 Å². The maximum Gasteiger partial charge on any atom is 0.408 e. The molecule has 1 heterocycles. The van der Waals surface area contributed by atoms with Crippen molar-refractivity contribution in [3.05, 3.63) is 96.5 Å². The Hall–Kier alpha value is -4.77. The number of carbonyl (C=O) groups is 2. The lowest BCUT2D eigenvalue weighted by Crippen LogP contribution is -2.27. The molecule has 3 aromatic carbocycles. The molecule has 0 radical (unpaired) electrons. The number of ether oxygens (including phenoxy) is 2. The summed E-state index contributed by atoms with van der Waals surface area (Å²) in [6.45, 7) is 1.02. The molecular formula is C29H32BN5O5. The SMILES string of the molecule is BN(C)CCC(OC(=O)NCc1cccc(NC(=O)Nc2ccc(-c3cnco3)c(OC)c2)c1)c1ccccc1. The van der Waals surface area contributed by atoms with E-state index in [1.807, 2.05) is 51.4 Å². The summed E-state index contributed by atoms with van der Waals surface area (Å²) in [5.74, 6) is 1.09. The molecule has 4 aromatic rings. The van der Waals surface area contributed by atoms with Gasteiger partial charge in [0.15, 0.2) is 20.1 Å². The monoisotopic (exact) mass is 541 g/mol. The first-order valence-corrected chi connectivity index (χ1v) is 12.8. The molecule has 4 rings (SSSR count). The van der Waals surface area contributed by atoms with Crippen molar-refractivity contribution in [2.24, 2.45) is 0 Å². The molecule has 0 saturated heterocycles. The number of alkyl carbamates (subject to hydrolysis) is 1. The first-order valence-electron chi connectivity index (χ1n) is 12.8. The summed E-state index contributed by atoms with van der Waals surface area (Å²) in [5.41, 5.74) is 3.58. The highest BCUT2D eigenvalue weighted by atomic mass is 16.6. The maximum atomic E-state index is 12.7. The van der Waals surface area contributed by atoms with E-state index in [0.29, 0.717) is 29.3 Å². The largest absolute Gasteiger partial charge is 0.496 e. The molecule has 1 atom stereocenters. The number of benzene rings is 3. The van der Waals surface area contributed by atoms with E-state index in [9.17, 15) is 9.59 Å². The molecule has 3 N–H and O–H groups in total. The zero-order chi connectivity index (χ0) is 28.3. The van der Waals surface area contributed by atoms with Crippen molar-refractivity contribution >= 4 is 31.5 Å². The van der Waals surface area contributed by atoms with Crippen molar-refractivity contribution in [1.29, 1.82) is 0 Å². The number of carbonyl (C=O) groups excluding carboxylic acids is 2. The summed E-state index contributed by atoms with van der Waals surface area (Å²) in [4.78, 5) is 31.2. The van der Waals surface area contributed by atoms with E-state index in [4.69, 9.17) is 13.9 Å². The van der Waals surface area contributed by atoms with Gasteiger partial charge in [-0.2, -0.15) is 0 Å². The van der Waals surface area contributed by atoms with Crippen LogP contribution in [0.15, 0.2) is 89.8 Å². The number of hydrogen-bond donors (Lipinski definition) is 3. The molecule has 0 bridgehead atoms. The summed E-state index contributed by atoms with van der Waals surface area (Å²) in [6, 6.07) is 21.7. The molecule has 206 valence electrons. The predicted molar refractivity (Wildman–Crippen MR) is 156 cm³/mol. The molecule has 1 aromatic heterocycles. The minimum absolute atomic E-state index is 0.242. The second kappa shape index (κ2) is 13.9. The zero-order valence-corrected chi connectivity index (χ0v) is 22.7. The highest BCUT2D eigenvalue weighted by Gasteiger charge is 2.17. The number of methoxy groups -OCH3 is 1. The number of rotatable bonds is 11. The average molecular weight is 541 g/mol. The summed E-state index contributed by atoms with van der Waals surface area (Å²) < 4.78 is 16.5. The standard InChI is InChI=1S/C29H32BN5O5/c1-35(30)14-13-25(21-8-4-3-5-9-21)40-29(37)32-17-20-7-6-10-22(15-20)33-28(36)34-23-11-12-24(26(16-23)38-2)27-18-31-19-39-27/h3-12,15-16,18-19,25H,13-14,17,30H2,1-2H3,(H,32,37)(H2,33,34,36). The van der Waals surface area contributed by atoms with Crippen LogP contribution in [0.1, 0.15) is 23.7 Å². The number of aromatic nitrogens is 1. The number of nitrogens with one attached hydrogen (secondary N) is 3. The number of hydrogen-bond acceptors (Lipinski definition) is 7. The van der Waals surface area contributed by atoms with Gasteiger partial charge in [0.25, 0.3) is 0 Å². The Balaban J connectivity index is 1.31. The van der Waals surface area contributed by atoms with Crippen LogP contribution in [-0.2, 0) is 11.3 Å². The summed E-state index contributed by atoms with van der Waals surface area (Å²) >= 11 is 0. The summed E-state index contributed by atoms with van der Waals surface area (Å²) in [5, 5.41) is 8.41. The third kappa shape index (κ3) is 8.11. The molecule has 40 heavy (non-hydrogen) atoms. The van der Waals surface area contributed by atoms with E-state index in [1.54, 1.807) is 49.7 Å². The number of nitrogens with zero attached hydrogens (tertiary/aromatic N) is 2. The summed E-state index contributed by atoms with van der Waals surface area (Å²) in [7, 11) is 5.51. The maximum absolute atomic E-state index is 12.7. The minimum atomic E-state index is -0.508. The van der Waals surface area contributed by atoms with Crippen LogP contribution in [0.5, 0.6) is 5.75 Å². The fourth-order valence-corrected chi connectivity index (χ4v) is 4.06. The molecule has 0 fully saturated rings. The van der Waals surface area contributed by atoms with Gasteiger partial charge < -0.3 is 34.7 Å². The van der Waals surface area contributed by atoms with Gasteiger partial charge in [0, 0.05) is 30.4 Å². The molecule has 0 spiro atoms. The number of anilines is 2. The Morgan fingerprint density at radius 2 is 1.80 bits per heavy atom. The molecule has 0 aliphatic carbocycles. The van der Waals surface area contributed by atoms with E-state index in [2.05, 4.69) is 25.7 Å². The molecular weight excluding hydrogens is 509 g/mol. The number of oxazole rings is 1. The Bertz CT molecular complexity index is 1400. The second-order valence-electron chi connectivity index (χ2n) is 9.31. The highest BCUT2D eigenvalue weighted by molar-refractivity contribution is 6.04. The van der Waals surface area contributed by atoms with Crippen LogP contribution < -0.4 is 20.7 Å². The van der Waals surface area contributed by atoms with Crippen LogP contribution in [0.25, 0.3) is 11.3 Å². The molecule has 0 saturated carbocycles. The van der Waals surface area contributed by atoms with E-state index >= 15 is 0 Å². The normalized spacial score (nSPS) is 11.5. The van der Waals surface area contributed by atoms with Crippen LogP contribution >= 0.6 is 0 Å². The minimum Gasteiger partial charge on any atom is -0.496 e. The second-order valence-corrected chi connectivity index (χ2v) is 9.31. The van der Waals surface area contributed by atoms with Crippen LogP contribution in [0.4, 0.5) is 21.0 Å². The van der Waals surface area contributed by atoms with Crippen LogP contribution in [-0.4, -0.2) is 50.6 Å². The van der Waals surface area contributed by atoms with E-state index in [-0.39, 0.29) is 12.6 Å². The van der Waals surface area contributed by atoms with Crippen molar-refractivity contribution in [1.82, 2.24) is 15.1 Å². The summed E-state index contributed by atoms with van der Waals surface area (Å²) in [6.07, 6.45) is 2.74. The smallest absolute Gasteiger partial charge is 0.408 e. The lowest BCUT2D eigenvalue weighted by atomic mass is 10.1. The Labute approximate surface area is 234 Å². The molecule has 0 aliphatic rings. The van der Waals surface area contributed by atoms with Gasteiger partial charge >= 0.3 is 12.1 Å². The Morgan fingerprint density at radius 3 is 2.50 bits per heavy atom. The molecule has 3 amide bonds. The number of amides is 3. The van der Waals surface area contributed by atoms with Gasteiger partial charge in [-0.05, 0) is 49.0 Å². The van der Waals surface area contributed by atoms with Crippen molar-refractivity contribution in [2.45, 2.75) is 19.1 Å². The van der Waals surface area contributed by atoms with Gasteiger partial charge in [0.2, 0.25) is 0 Å². The van der Waals surface area contributed by atoms with Crippen LogP contribution in [0.3, 0.4) is 0 Å². The first-order chi connectivity index (χ1) is 19.4. The van der Waals surface area contributed by atoms with Gasteiger partial charge in [0.05, 0.1) is 18.9 Å². The lowest BCUT2D eigenvalue weighted by molar-refractivity contribution is 0.0897. The van der Waals surface area contributed by atoms with Gasteiger partial charge in [-0.3, -0.25) is 0 Å². The fourth-order valence-electron chi connectivity index (χ4n) is 4.06. The molecule has 0 aliphatic heterocycles. The van der Waals surface area contributed by atoms with Crippen molar-refractivity contribution in [2.75, 3.05) is 31.3 Å². The molecule has 10 nitrogen and oxygen atoms in total. The van der Waals surface area contributed by atoms with E-state index in [0.717, 1.165) is 23.2 Å². The topological polar surface area (TPSA) is 118 Å². The Morgan fingerprint density at radius 1 is 1.02 bits per heavy atom. The van der Waals surface area contributed by atoms with Crippen LogP contribution in [0.2, 0.25) is 0 Å². The third-order valence-electron chi connectivity index (χ3n) is 6.04. The third-order valence-corrected chi connectivity index (χ3v) is 6.04. The highest BCUT2D eigenvalue weighted by Crippen LogP contribution is 2.32. The first kappa shape index (κ1) is 28.2. The van der Waals surface area contributed by atoms with Crippen molar-refractivity contribution in [3.8, 4) is 17.1 Å². The van der Waals surface area contributed by atoms with Crippen molar-refractivity contribution in [3.63, 3.8) is 0 Å². The van der Waals surface area contributed by atoms with Crippen molar-refractivity contribution < 1.29 is 23.5 Å². The van der Waals surface area contributed by atoms with Gasteiger partial charge in [-0.15, -0.1) is 0 Å². The molecule has 11 heteroatoms. The van der Waals surface area contributed by atoms with Gasteiger partial charge in [-0.1, -0.05) is 42.5 Å².